The lowest BCUT2D eigenvalue weighted by molar-refractivity contribution is 0.0671. The van der Waals surface area contributed by atoms with Crippen LogP contribution >= 0.6 is 0 Å². The van der Waals surface area contributed by atoms with Gasteiger partial charge in [-0.1, -0.05) is 12.1 Å². The molecule has 106 valence electrons. The quantitative estimate of drug-likeness (QED) is 0.900. The number of nitrogens with two attached hydrogens (primary N) is 1. The highest BCUT2D eigenvalue weighted by Crippen LogP contribution is 2.23. The van der Waals surface area contributed by atoms with Crippen LogP contribution in [-0.4, -0.2) is 35.4 Å². The zero-order valence-electron chi connectivity index (χ0n) is 11.6. The summed E-state index contributed by atoms with van der Waals surface area (Å²) in [6.45, 7) is 2.41. The Morgan fingerprint density at radius 1 is 1.40 bits per heavy atom. The van der Waals surface area contributed by atoms with Crippen LogP contribution in [0.5, 0.6) is 0 Å². The van der Waals surface area contributed by atoms with Gasteiger partial charge in [-0.15, -0.1) is 0 Å². The SMILES string of the molecule is NCCC1CCCN(C(=O)c2cccc3cc[nH]c23)C1. The number of fused-ring (bicyclic) bond motifs is 1. The van der Waals surface area contributed by atoms with Gasteiger partial charge in [0.15, 0.2) is 0 Å². The van der Waals surface area contributed by atoms with E-state index in [1.807, 2.05) is 35.4 Å². The lowest BCUT2D eigenvalue weighted by Gasteiger charge is -2.32. The average Bonchev–Trinajstić information content (AvgIpc) is 2.95. The standard InChI is InChI=1S/C16H21N3O/c17-8-6-12-3-2-10-19(11-12)16(20)14-5-1-4-13-7-9-18-15(13)14/h1,4-5,7,9,12,18H,2-3,6,8,10-11,17H2. The minimum atomic E-state index is 0.139. The highest BCUT2D eigenvalue weighted by Gasteiger charge is 2.25. The molecule has 1 aliphatic rings. The Labute approximate surface area is 118 Å². The van der Waals surface area contributed by atoms with Crippen LogP contribution in [0.15, 0.2) is 30.5 Å². The van der Waals surface area contributed by atoms with E-state index in [-0.39, 0.29) is 5.91 Å². The van der Waals surface area contributed by atoms with Crippen molar-refractivity contribution in [2.75, 3.05) is 19.6 Å². The zero-order chi connectivity index (χ0) is 13.9. The molecule has 1 aromatic heterocycles. The molecule has 0 spiro atoms. The first-order chi connectivity index (χ1) is 9.79. The van der Waals surface area contributed by atoms with Crippen LogP contribution in [0, 0.1) is 5.92 Å². The number of nitrogens with one attached hydrogen (secondary N) is 1. The number of carbonyl (C=O) groups excluding carboxylic acids is 1. The number of nitrogens with zero attached hydrogens (tertiary/aromatic N) is 1. The third-order valence-corrected chi connectivity index (χ3v) is 4.20. The van der Waals surface area contributed by atoms with E-state index in [4.69, 9.17) is 5.73 Å². The summed E-state index contributed by atoms with van der Waals surface area (Å²) in [6, 6.07) is 7.88. The van der Waals surface area contributed by atoms with Gasteiger partial charge < -0.3 is 15.6 Å². The number of carbonyl (C=O) groups is 1. The van der Waals surface area contributed by atoms with Crippen molar-refractivity contribution >= 4 is 16.8 Å². The summed E-state index contributed by atoms with van der Waals surface area (Å²) >= 11 is 0. The van der Waals surface area contributed by atoms with Crippen LogP contribution in [0.3, 0.4) is 0 Å². The molecular weight excluding hydrogens is 250 g/mol. The predicted octanol–water partition coefficient (Wildman–Crippen LogP) is 2.37. The summed E-state index contributed by atoms with van der Waals surface area (Å²) < 4.78 is 0. The van der Waals surface area contributed by atoms with Gasteiger partial charge in [0.1, 0.15) is 0 Å². The second-order valence-electron chi connectivity index (χ2n) is 5.58. The van der Waals surface area contributed by atoms with E-state index >= 15 is 0 Å². The van der Waals surface area contributed by atoms with E-state index in [1.54, 1.807) is 0 Å². The van der Waals surface area contributed by atoms with Gasteiger partial charge in [-0.05, 0) is 43.9 Å². The summed E-state index contributed by atoms with van der Waals surface area (Å²) in [5.41, 5.74) is 7.37. The summed E-state index contributed by atoms with van der Waals surface area (Å²) in [6.07, 6.45) is 5.16. The van der Waals surface area contributed by atoms with Crippen LogP contribution in [0.4, 0.5) is 0 Å². The van der Waals surface area contributed by atoms with Crippen molar-refractivity contribution in [3.63, 3.8) is 0 Å². The minimum Gasteiger partial charge on any atom is -0.361 e. The number of rotatable bonds is 3. The molecule has 1 unspecified atom stereocenters. The van der Waals surface area contributed by atoms with Crippen LogP contribution < -0.4 is 5.73 Å². The van der Waals surface area contributed by atoms with Crippen molar-refractivity contribution in [2.24, 2.45) is 11.7 Å². The molecule has 0 saturated carbocycles. The van der Waals surface area contributed by atoms with Gasteiger partial charge in [0.05, 0.1) is 11.1 Å². The zero-order valence-corrected chi connectivity index (χ0v) is 11.6. The molecule has 3 N–H and O–H groups in total. The maximum absolute atomic E-state index is 12.7. The monoisotopic (exact) mass is 271 g/mol. The van der Waals surface area contributed by atoms with Crippen molar-refractivity contribution in [3.05, 3.63) is 36.0 Å². The molecule has 2 aromatic rings. The highest BCUT2D eigenvalue weighted by atomic mass is 16.2. The van der Waals surface area contributed by atoms with E-state index in [9.17, 15) is 4.79 Å². The number of aromatic nitrogens is 1. The molecule has 0 aliphatic carbocycles. The maximum atomic E-state index is 12.7. The molecule has 1 aliphatic heterocycles. The number of H-pyrrole nitrogens is 1. The van der Waals surface area contributed by atoms with E-state index in [0.29, 0.717) is 12.5 Å². The number of hydrogen-bond donors (Lipinski definition) is 2. The fraction of sp³-hybridized carbons (Fsp3) is 0.438. The van der Waals surface area contributed by atoms with Gasteiger partial charge >= 0.3 is 0 Å². The molecule has 1 atom stereocenters. The normalized spacial score (nSPS) is 19.4. The Morgan fingerprint density at radius 2 is 2.30 bits per heavy atom. The maximum Gasteiger partial charge on any atom is 0.255 e. The summed E-state index contributed by atoms with van der Waals surface area (Å²) in [5.74, 6) is 0.695. The molecule has 1 fully saturated rings. The van der Waals surface area contributed by atoms with Gasteiger partial charge in [0.2, 0.25) is 0 Å². The van der Waals surface area contributed by atoms with Gasteiger partial charge in [0.25, 0.3) is 5.91 Å². The first-order valence-electron chi connectivity index (χ1n) is 7.35. The Kier molecular flexibility index (Phi) is 3.74. The molecule has 1 amide bonds. The number of benzene rings is 1. The van der Waals surface area contributed by atoms with Crippen LogP contribution in [0.1, 0.15) is 29.6 Å². The lowest BCUT2D eigenvalue weighted by Crippen LogP contribution is -2.40. The number of likely N-dealkylation sites (tertiary alicyclic amines) is 1. The smallest absolute Gasteiger partial charge is 0.255 e. The van der Waals surface area contributed by atoms with Crippen molar-refractivity contribution in [1.82, 2.24) is 9.88 Å². The topological polar surface area (TPSA) is 62.1 Å². The van der Waals surface area contributed by atoms with Gasteiger partial charge in [-0.2, -0.15) is 0 Å². The molecule has 2 heterocycles. The summed E-state index contributed by atoms with van der Waals surface area (Å²) in [7, 11) is 0. The number of para-hydroxylation sites is 1. The third-order valence-electron chi connectivity index (χ3n) is 4.20. The minimum absolute atomic E-state index is 0.139. The molecule has 0 radical (unpaired) electrons. The van der Waals surface area contributed by atoms with Crippen LogP contribution in [0.2, 0.25) is 0 Å². The van der Waals surface area contributed by atoms with E-state index in [2.05, 4.69) is 4.98 Å². The van der Waals surface area contributed by atoms with E-state index in [1.165, 1.54) is 6.42 Å². The first-order valence-corrected chi connectivity index (χ1v) is 7.35. The number of piperidine rings is 1. The molecule has 3 rings (SSSR count). The summed E-state index contributed by atoms with van der Waals surface area (Å²) in [4.78, 5) is 17.9. The Morgan fingerprint density at radius 3 is 3.15 bits per heavy atom. The second kappa shape index (κ2) is 5.67. The Balaban J connectivity index is 1.83. The van der Waals surface area contributed by atoms with Crippen LogP contribution in [-0.2, 0) is 0 Å². The molecule has 0 bridgehead atoms. The largest absolute Gasteiger partial charge is 0.361 e. The van der Waals surface area contributed by atoms with Crippen molar-refractivity contribution in [2.45, 2.75) is 19.3 Å². The van der Waals surface area contributed by atoms with Gasteiger partial charge in [-0.3, -0.25) is 4.79 Å². The molecule has 20 heavy (non-hydrogen) atoms. The first kappa shape index (κ1) is 13.2. The summed E-state index contributed by atoms with van der Waals surface area (Å²) in [5, 5.41) is 1.09. The second-order valence-corrected chi connectivity index (χ2v) is 5.58. The predicted molar refractivity (Wildman–Crippen MR) is 80.6 cm³/mol. The lowest BCUT2D eigenvalue weighted by atomic mass is 9.94. The molecule has 4 nitrogen and oxygen atoms in total. The molecule has 1 saturated heterocycles. The van der Waals surface area contributed by atoms with Crippen molar-refractivity contribution in [1.29, 1.82) is 0 Å². The number of amides is 1. The Bertz CT molecular complexity index is 603. The highest BCUT2D eigenvalue weighted by molar-refractivity contribution is 6.05. The van der Waals surface area contributed by atoms with E-state index < -0.39 is 0 Å². The number of hydrogen-bond acceptors (Lipinski definition) is 2. The third kappa shape index (κ3) is 2.43. The fourth-order valence-corrected chi connectivity index (χ4v) is 3.15. The van der Waals surface area contributed by atoms with Gasteiger partial charge in [-0.25, -0.2) is 0 Å². The van der Waals surface area contributed by atoms with Crippen LogP contribution in [0.25, 0.3) is 10.9 Å². The number of aromatic amines is 1. The molecule has 1 aromatic carbocycles. The average molecular weight is 271 g/mol. The van der Waals surface area contributed by atoms with Crippen molar-refractivity contribution < 1.29 is 4.79 Å². The van der Waals surface area contributed by atoms with Gasteiger partial charge in [0, 0.05) is 24.7 Å². The van der Waals surface area contributed by atoms with Crippen molar-refractivity contribution in [3.8, 4) is 0 Å². The van der Waals surface area contributed by atoms with E-state index in [0.717, 1.165) is 42.4 Å². The molecular formula is C16H21N3O. The Hall–Kier alpha value is -1.81. The fourth-order valence-electron chi connectivity index (χ4n) is 3.15. The molecule has 4 heteroatoms.